The summed E-state index contributed by atoms with van der Waals surface area (Å²) in [5.41, 5.74) is 0. The van der Waals surface area contributed by atoms with Crippen molar-refractivity contribution in [3.8, 4) is 0 Å². The van der Waals surface area contributed by atoms with Crippen LogP contribution in [0.5, 0.6) is 0 Å². The number of nitrogens with one attached hydrogen (secondary N) is 2. The molecule has 7 nitrogen and oxygen atoms in total. The Balaban J connectivity index is 1.86. The molecule has 0 bridgehead atoms. The predicted octanol–water partition coefficient (Wildman–Crippen LogP) is 0.0403. The standard InChI is InChI=1S/C19H36N4O3/c1-13(2)18(25)22-10-15(4)21-16(11-22)6-5-14(3)19(26)23-8-7-20-9-17(23)12-24/h13-17,20-21,24H,5-12H2,1-4H3/t14?,15-,16+,17-/m1/s1. The van der Waals surface area contributed by atoms with Gasteiger partial charge in [0.1, 0.15) is 0 Å². The topological polar surface area (TPSA) is 84.9 Å². The number of piperazine rings is 2. The molecule has 0 aromatic carbocycles. The molecule has 0 aromatic heterocycles. The molecule has 4 atom stereocenters. The van der Waals surface area contributed by atoms with Gasteiger partial charge in [-0.3, -0.25) is 9.59 Å². The normalized spacial score (nSPS) is 28.3. The van der Waals surface area contributed by atoms with Gasteiger partial charge in [0, 0.05) is 56.6 Å². The lowest BCUT2D eigenvalue weighted by Crippen LogP contribution is -2.58. The number of hydrogen-bond donors (Lipinski definition) is 3. The summed E-state index contributed by atoms with van der Waals surface area (Å²) in [7, 11) is 0. The van der Waals surface area contributed by atoms with E-state index in [2.05, 4.69) is 17.6 Å². The van der Waals surface area contributed by atoms with Crippen molar-refractivity contribution in [2.45, 2.75) is 58.7 Å². The zero-order chi connectivity index (χ0) is 19.3. The second-order valence-corrected chi connectivity index (χ2v) is 8.21. The van der Waals surface area contributed by atoms with Crippen molar-refractivity contribution >= 4 is 11.8 Å². The summed E-state index contributed by atoms with van der Waals surface area (Å²) >= 11 is 0. The first-order chi connectivity index (χ1) is 12.3. The first kappa shape index (κ1) is 21.1. The van der Waals surface area contributed by atoms with Gasteiger partial charge in [0.05, 0.1) is 12.6 Å². The van der Waals surface area contributed by atoms with Crippen LogP contribution in [0.1, 0.15) is 40.5 Å². The van der Waals surface area contributed by atoms with Gasteiger partial charge in [0.15, 0.2) is 0 Å². The lowest BCUT2D eigenvalue weighted by Gasteiger charge is -2.39. The molecule has 2 fully saturated rings. The van der Waals surface area contributed by atoms with E-state index < -0.39 is 0 Å². The first-order valence-corrected chi connectivity index (χ1v) is 10.00. The van der Waals surface area contributed by atoms with E-state index in [0.717, 1.165) is 32.5 Å². The van der Waals surface area contributed by atoms with Crippen LogP contribution in [0, 0.1) is 11.8 Å². The van der Waals surface area contributed by atoms with Crippen molar-refractivity contribution in [2.75, 3.05) is 39.3 Å². The Morgan fingerprint density at radius 3 is 2.58 bits per heavy atom. The molecule has 2 aliphatic rings. The molecule has 150 valence electrons. The fraction of sp³-hybridized carbons (Fsp3) is 0.895. The third kappa shape index (κ3) is 5.41. The van der Waals surface area contributed by atoms with Crippen LogP contribution in [0.25, 0.3) is 0 Å². The maximum atomic E-state index is 12.8. The molecule has 0 aliphatic carbocycles. The number of carbonyl (C=O) groups is 2. The Morgan fingerprint density at radius 1 is 1.19 bits per heavy atom. The summed E-state index contributed by atoms with van der Waals surface area (Å²) in [4.78, 5) is 28.9. The molecule has 2 saturated heterocycles. The zero-order valence-electron chi connectivity index (χ0n) is 16.7. The zero-order valence-corrected chi connectivity index (χ0v) is 16.7. The average molecular weight is 369 g/mol. The first-order valence-electron chi connectivity index (χ1n) is 10.00. The summed E-state index contributed by atoms with van der Waals surface area (Å²) in [5, 5.41) is 16.3. The van der Waals surface area contributed by atoms with Crippen LogP contribution in [-0.2, 0) is 9.59 Å². The van der Waals surface area contributed by atoms with Crippen molar-refractivity contribution < 1.29 is 14.7 Å². The number of amides is 2. The Kier molecular flexibility index (Phi) is 7.85. The van der Waals surface area contributed by atoms with Gasteiger partial charge in [-0.1, -0.05) is 20.8 Å². The number of rotatable bonds is 6. The molecule has 0 aromatic rings. The largest absolute Gasteiger partial charge is 0.394 e. The molecule has 2 heterocycles. The van der Waals surface area contributed by atoms with E-state index in [0.29, 0.717) is 13.1 Å². The highest BCUT2D eigenvalue weighted by Gasteiger charge is 2.31. The van der Waals surface area contributed by atoms with Crippen LogP contribution >= 0.6 is 0 Å². The average Bonchev–Trinajstić information content (AvgIpc) is 2.64. The summed E-state index contributed by atoms with van der Waals surface area (Å²) in [5.74, 6) is 0.281. The molecule has 7 heteroatoms. The SMILES string of the molecule is CC(C)C(=O)N1C[C@H](CCC(C)C(=O)N2CCNC[C@@H]2CO)N[C@H](C)C1. The second kappa shape index (κ2) is 9.67. The smallest absolute Gasteiger partial charge is 0.225 e. The van der Waals surface area contributed by atoms with Gasteiger partial charge in [0.25, 0.3) is 0 Å². The number of aliphatic hydroxyl groups is 1. The van der Waals surface area contributed by atoms with Crippen LogP contribution in [0.3, 0.4) is 0 Å². The maximum Gasteiger partial charge on any atom is 0.225 e. The van der Waals surface area contributed by atoms with Crippen molar-refractivity contribution in [1.82, 2.24) is 20.4 Å². The van der Waals surface area contributed by atoms with E-state index >= 15 is 0 Å². The van der Waals surface area contributed by atoms with Crippen molar-refractivity contribution in [3.63, 3.8) is 0 Å². The van der Waals surface area contributed by atoms with E-state index in [1.165, 1.54) is 0 Å². The highest BCUT2D eigenvalue weighted by atomic mass is 16.3. The molecule has 0 spiro atoms. The van der Waals surface area contributed by atoms with Crippen molar-refractivity contribution in [3.05, 3.63) is 0 Å². The molecule has 0 saturated carbocycles. The van der Waals surface area contributed by atoms with E-state index in [4.69, 9.17) is 0 Å². The quantitative estimate of drug-likeness (QED) is 0.616. The van der Waals surface area contributed by atoms with Crippen LogP contribution in [0.4, 0.5) is 0 Å². The molecule has 0 radical (unpaired) electrons. The van der Waals surface area contributed by atoms with E-state index in [1.54, 1.807) is 0 Å². The summed E-state index contributed by atoms with van der Waals surface area (Å²) < 4.78 is 0. The molecule has 2 rings (SSSR count). The molecule has 2 aliphatic heterocycles. The van der Waals surface area contributed by atoms with Gasteiger partial charge in [-0.25, -0.2) is 0 Å². The van der Waals surface area contributed by atoms with Gasteiger partial charge < -0.3 is 25.5 Å². The van der Waals surface area contributed by atoms with Gasteiger partial charge >= 0.3 is 0 Å². The van der Waals surface area contributed by atoms with Crippen molar-refractivity contribution in [2.24, 2.45) is 11.8 Å². The lowest BCUT2D eigenvalue weighted by atomic mass is 9.96. The number of nitrogens with zero attached hydrogens (tertiary/aromatic N) is 2. The fourth-order valence-corrected chi connectivity index (χ4v) is 3.97. The second-order valence-electron chi connectivity index (χ2n) is 8.21. The Labute approximate surface area is 157 Å². The van der Waals surface area contributed by atoms with Gasteiger partial charge in [-0.15, -0.1) is 0 Å². The monoisotopic (exact) mass is 368 g/mol. The van der Waals surface area contributed by atoms with Gasteiger partial charge in [-0.2, -0.15) is 0 Å². The highest BCUT2D eigenvalue weighted by Crippen LogP contribution is 2.18. The van der Waals surface area contributed by atoms with Gasteiger partial charge in [0.2, 0.25) is 11.8 Å². The molecular formula is C19H36N4O3. The number of hydrogen-bond acceptors (Lipinski definition) is 5. The maximum absolute atomic E-state index is 12.8. The number of aliphatic hydroxyl groups excluding tert-OH is 1. The third-order valence-electron chi connectivity index (χ3n) is 5.47. The minimum absolute atomic E-state index is 0.000566. The van der Waals surface area contributed by atoms with E-state index in [9.17, 15) is 14.7 Å². The lowest BCUT2D eigenvalue weighted by molar-refractivity contribution is -0.140. The van der Waals surface area contributed by atoms with Crippen LogP contribution in [0.2, 0.25) is 0 Å². The van der Waals surface area contributed by atoms with Crippen molar-refractivity contribution in [1.29, 1.82) is 0 Å². The third-order valence-corrected chi connectivity index (χ3v) is 5.47. The highest BCUT2D eigenvalue weighted by molar-refractivity contribution is 5.79. The summed E-state index contributed by atoms with van der Waals surface area (Å²) in [6, 6.07) is 0.383. The number of carbonyl (C=O) groups excluding carboxylic acids is 2. The molecule has 2 amide bonds. The summed E-state index contributed by atoms with van der Waals surface area (Å²) in [6.07, 6.45) is 1.66. The van der Waals surface area contributed by atoms with E-state index in [1.807, 2.05) is 30.6 Å². The van der Waals surface area contributed by atoms with Crippen LogP contribution in [-0.4, -0.2) is 84.2 Å². The Bertz CT molecular complexity index is 485. The van der Waals surface area contributed by atoms with Crippen LogP contribution < -0.4 is 10.6 Å². The molecule has 1 unspecified atom stereocenters. The van der Waals surface area contributed by atoms with Crippen LogP contribution in [0.15, 0.2) is 0 Å². The fourth-order valence-electron chi connectivity index (χ4n) is 3.97. The molecule has 3 N–H and O–H groups in total. The minimum Gasteiger partial charge on any atom is -0.394 e. The molecule has 26 heavy (non-hydrogen) atoms. The Hall–Kier alpha value is -1.18. The van der Waals surface area contributed by atoms with E-state index in [-0.39, 0.29) is 48.4 Å². The Morgan fingerprint density at radius 2 is 1.92 bits per heavy atom. The summed E-state index contributed by atoms with van der Waals surface area (Å²) in [6.45, 7) is 11.5. The predicted molar refractivity (Wildman–Crippen MR) is 102 cm³/mol. The molecular weight excluding hydrogens is 332 g/mol. The minimum atomic E-state index is -0.120. The van der Waals surface area contributed by atoms with Gasteiger partial charge in [-0.05, 0) is 19.8 Å².